The van der Waals surface area contributed by atoms with Gasteiger partial charge in [-0.1, -0.05) is 32.6 Å². The molecule has 4 aromatic rings. The predicted molar refractivity (Wildman–Crippen MR) is 129 cm³/mol. The van der Waals surface area contributed by atoms with Crippen molar-refractivity contribution in [3.63, 3.8) is 0 Å². The van der Waals surface area contributed by atoms with Gasteiger partial charge in [-0.25, -0.2) is 18.4 Å². The zero-order valence-corrected chi connectivity index (χ0v) is 19.4. The van der Waals surface area contributed by atoms with Gasteiger partial charge in [0.2, 0.25) is 5.91 Å². The fourth-order valence-corrected chi connectivity index (χ4v) is 4.49. The van der Waals surface area contributed by atoms with E-state index in [1.807, 2.05) is 30.3 Å². The van der Waals surface area contributed by atoms with Crippen LogP contribution in [0.25, 0.3) is 22.4 Å². The van der Waals surface area contributed by atoms with E-state index < -0.39 is 0 Å². The standard InChI is InChI=1S/C25H30N6O3/c1-2-3-15-34-20-11-9-18(10-12-20)21-16-22-24-28-31(25(33)29(24)13-14-30(22)27-21)17-23(32)26-19-7-5-4-6-8-19/h9-14,16,19H,2-8,15,17H2,1H3,(H,26,32). The number of nitrogens with zero attached hydrogens (tertiary/aromatic N) is 5. The number of carbonyl (C=O) groups excluding carboxylic acids is 1. The number of unbranched alkanes of at least 4 members (excludes halogenated alkanes) is 1. The van der Waals surface area contributed by atoms with Crippen LogP contribution in [0.4, 0.5) is 0 Å². The smallest absolute Gasteiger partial charge is 0.350 e. The number of rotatable bonds is 8. The summed E-state index contributed by atoms with van der Waals surface area (Å²) in [6.45, 7) is 2.75. The number of fused-ring (bicyclic) bond motifs is 3. The number of benzene rings is 1. The van der Waals surface area contributed by atoms with Crippen LogP contribution in [0, 0.1) is 0 Å². The Hall–Kier alpha value is -3.62. The summed E-state index contributed by atoms with van der Waals surface area (Å²) >= 11 is 0. The lowest BCUT2D eigenvalue weighted by Gasteiger charge is -2.22. The van der Waals surface area contributed by atoms with Crippen LogP contribution in [-0.4, -0.2) is 42.4 Å². The molecule has 0 aliphatic heterocycles. The maximum Gasteiger partial charge on any atom is 0.350 e. The number of hydrogen-bond donors (Lipinski definition) is 1. The van der Waals surface area contributed by atoms with Crippen LogP contribution in [0.2, 0.25) is 0 Å². The highest BCUT2D eigenvalue weighted by atomic mass is 16.5. The molecule has 9 nitrogen and oxygen atoms in total. The molecule has 0 saturated heterocycles. The molecule has 0 unspecified atom stereocenters. The quantitative estimate of drug-likeness (QED) is 0.405. The zero-order valence-electron chi connectivity index (χ0n) is 19.4. The molecule has 0 atom stereocenters. The van der Waals surface area contributed by atoms with E-state index in [-0.39, 0.29) is 24.2 Å². The van der Waals surface area contributed by atoms with Gasteiger partial charge in [0.05, 0.1) is 12.3 Å². The Balaban J connectivity index is 1.38. The zero-order chi connectivity index (χ0) is 23.5. The average molecular weight is 463 g/mol. The predicted octanol–water partition coefficient (Wildman–Crippen LogP) is 3.44. The highest BCUT2D eigenvalue weighted by Gasteiger charge is 2.19. The van der Waals surface area contributed by atoms with Gasteiger partial charge in [-0.3, -0.25) is 4.79 Å². The summed E-state index contributed by atoms with van der Waals surface area (Å²) in [4.78, 5) is 25.4. The highest BCUT2D eigenvalue weighted by molar-refractivity contribution is 5.78. The van der Waals surface area contributed by atoms with Crippen molar-refractivity contribution in [2.24, 2.45) is 0 Å². The van der Waals surface area contributed by atoms with Gasteiger partial charge < -0.3 is 10.1 Å². The lowest BCUT2D eigenvalue weighted by atomic mass is 9.95. The summed E-state index contributed by atoms with van der Waals surface area (Å²) in [5.74, 6) is 0.657. The molecule has 5 rings (SSSR count). The Morgan fingerprint density at radius 3 is 2.68 bits per heavy atom. The molecule has 1 aliphatic carbocycles. The molecule has 1 amide bonds. The van der Waals surface area contributed by atoms with Crippen molar-refractivity contribution in [1.82, 2.24) is 29.1 Å². The summed E-state index contributed by atoms with van der Waals surface area (Å²) in [5.41, 5.74) is 2.54. The van der Waals surface area contributed by atoms with Crippen LogP contribution >= 0.6 is 0 Å². The van der Waals surface area contributed by atoms with Crippen LogP contribution < -0.4 is 15.7 Å². The summed E-state index contributed by atoms with van der Waals surface area (Å²) < 4.78 is 10.1. The second-order valence-electron chi connectivity index (χ2n) is 8.92. The third-order valence-electron chi connectivity index (χ3n) is 6.37. The first-order chi connectivity index (χ1) is 16.6. The fraction of sp³-hybridized carbons (Fsp3) is 0.440. The maximum atomic E-state index is 12.9. The van der Waals surface area contributed by atoms with E-state index in [2.05, 4.69) is 22.4 Å². The maximum absolute atomic E-state index is 12.9. The molecule has 3 heterocycles. The van der Waals surface area contributed by atoms with Gasteiger partial charge in [-0.15, -0.1) is 5.10 Å². The fourth-order valence-electron chi connectivity index (χ4n) is 4.49. The van der Waals surface area contributed by atoms with Crippen LogP contribution in [0.1, 0.15) is 51.9 Å². The molecule has 0 bridgehead atoms. The second-order valence-corrected chi connectivity index (χ2v) is 8.92. The molecule has 1 saturated carbocycles. The number of ether oxygens (including phenoxy) is 1. The van der Waals surface area contributed by atoms with E-state index in [1.165, 1.54) is 15.5 Å². The molecule has 1 aromatic carbocycles. The molecule has 1 aliphatic rings. The number of hydrogen-bond acceptors (Lipinski definition) is 5. The molecule has 1 fully saturated rings. The molecule has 178 valence electrons. The van der Waals surface area contributed by atoms with E-state index >= 15 is 0 Å². The first kappa shape index (κ1) is 22.2. The van der Waals surface area contributed by atoms with Crippen molar-refractivity contribution in [3.05, 3.63) is 53.2 Å². The molecule has 3 aromatic heterocycles. The Morgan fingerprint density at radius 1 is 1.12 bits per heavy atom. The van der Waals surface area contributed by atoms with E-state index in [9.17, 15) is 9.59 Å². The van der Waals surface area contributed by atoms with E-state index in [0.29, 0.717) is 17.8 Å². The summed E-state index contributed by atoms with van der Waals surface area (Å²) in [6.07, 6.45) is 11.0. The number of nitrogens with one attached hydrogen (secondary N) is 1. The molecular formula is C25H30N6O3. The van der Waals surface area contributed by atoms with Crippen LogP contribution in [0.15, 0.2) is 47.5 Å². The van der Waals surface area contributed by atoms with E-state index in [4.69, 9.17) is 4.74 Å². The number of aromatic nitrogens is 5. The molecule has 1 N–H and O–H groups in total. The molecule has 34 heavy (non-hydrogen) atoms. The van der Waals surface area contributed by atoms with Gasteiger partial charge in [-0.2, -0.15) is 5.10 Å². The van der Waals surface area contributed by atoms with Crippen molar-refractivity contribution in [2.75, 3.05) is 6.61 Å². The van der Waals surface area contributed by atoms with Gasteiger partial charge in [-0.05, 0) is 49.6 Å². The van der Waals surface area contributed by atoms with Gasteiger partial charge in [0.15, 0.2) is 5.65 Å². The van der Waals surface area contributed by atoms with Crippen molar-refractivity contribution in [1.29, 1.82) is 0 Å². The summed E-state index contributed by atoms with van der Waals surface area (Å²) in [7, 11) is 0. The minimum Gasteiger partial charge on any atom is -0.494 e. The third-order valence-corrected chi connectivity index (χ3v) is 6.37. The highest BCUT2D eigenvalue weighted by Crippen LogP contribution is 2.24. The molecule has 0 spiro atoms. The monoisotopic (exact) mass is 462 g/mol. The van der Waals surface area contributed by atoms with E-state index in [0.717, 1.165) is 55.5 Å². The number of carbonyl (C=O) groups is 1. The van der Waals surface area contributed by atoms with Crippen LogP contribution in [-0.2, 0) is 11.3 Å². The Labute approximate surface area is 197 Å². The van der Waals surface area contributed by atoms with Crippen LogP contribution in [0.5, 0.6) is 5.75 Å². The summed E-state index contributed by atoms with van der Waals surface area (Å²) in [5, 5.41) is 12.2. The van der Waals surface area contributed by atoms with Crippen molar-refractivity contribution in [2.45, 2.75) is 64.5 Å². The van der Waals surface area contributed by atoms with Crippen molar-refractivity contribution < 1.29 is 9.53 Å². The minimum atomic E-state index is -0.340. The van der Waals surface area contributed by atoms with Crippen molar-refractivity contribution >= 4 is 17.1 Å². The van der Waals surface area contributed by atoms with Gasteiger partial charge in [0.25, 0.3) is 0 Å². The largest absolute Gasteiger partial charge is 0.494 e. The Bertz CT molecular complexity index is 1340. The normalized spacial score (nSPS) is 14.6. The average Bonchev–Trinajstić information content (AvgIpc) is 3.42. The van der Waals surface area contributed by atoms with Crippen molar-refractivity contribution in [3.8, 4) is 17.0 Å². The third kappa shape index (κ3) is 4.55. The molecule has 0 radical (unpaired) electrons. The molecule has 9 heteroatoms. The first-order valence-electron chi connectivity index (χ1n) is 12.1. The summed E-state index contributed by atoms with van der Waals surface area (Å²) in [6, 6.07) is 9.92. The topological polar surface area (TPSA) is 94.9 Å². The lowest BCUT2D eigenvalue weighted by molar-refractivity contribution is -0.122. The van der Waals surface area contributed by atoms with Gasteiger partial charge in [0, 0.05) is 24.0 Å². The minimum absolute atomic E-state index is 0.0936. The Morgan fingerprint density at radius 2 is 1.91 bits per heavy atom. The van der Waals surface area contributed by atoms with Gasteiger partial charge in [0.1, 0.15) is 17.8 Å². The van der Waals surface area contributed by atoms with E-state index in [1.54, 1.807) is 16.9 Å². The Kier molecular flexibility index (Phi) is 6.33. The number of amides is 1. The SMILES string of the molecule is CCCCOc1ccc(-c2cc3c4nn(CC(=O)NC5CCCCC5)c(=O)n4ccn3n2)cc1. The second kappa shape index (κ2) is 9.70. The molecular weight excluding hydrogens is 432 g/mol. The van der Waals surface area contributed by atoms with Crippen LogP contribution in [0.3, 0.4) is 0 Å². The van der Waals surface area contributed by atoms with Gasteiger partial charge >= 0.3 is 5.69 Å². The first-order valence-corrected chi connectivity index (χ1v) is 12.1. The lowest BCUT2D eigenvalue weighted by Crippen LogP contribution is -2.40.